The number of hydrogen-bond donors (Lipinski definition) is 4. The Morgan fingerprint density at radius 1 is 1.41 bits per heavy atom. The van der Waals surface area contributed by atoms with Crippen molar-refractivity contribution < 1.29 is 13.9 Å². The van der Waals surface area contributed by atoms with Crippen molar-refractivity contribution in [2.24, 2.45) is 21.5 Å². The average molecular weight is 444 g/mol. The number of amidine groups is 1. The molecule has 2 aliphatic rings. The number of nitrogens with two attached hydrogens (primary N) is 2. The van der Waals surface area contributed by atoms with Gasteiger partial charge in [-0.3, -0.25) is 4.99 Å². The van der Waals surface area contributed by atoms with Gasteiger partial charge in [0.15, 0.2) is 0 Å². The van der Waals surface area contributed by atoms with Crippen LogP contribution in [0.3, 0.4) is 0 Å². The Labute approximate surface area is 187 Å². The molecule has 32 heavy (non-hydrogen) atoms. The van der Waals surface area contributed by atoms with Crippen LogP contribution in [0.2, 0.25) is 0 Å². The molecule has 0 spiro atoms. The molecule has 1 saturated heterocycles. The lowest BCUT2D eigenvalue weighted by atomic mass is 10.0. The number of rotatable bonds is 6. The Morgan fingerprint density at radius 2 is 2.22 bits per heavy atom. The van der Waals surface area contributed by atoms with Crippen LogP contribution in [0.15, 0.2) is 45.7 Å². The van der Waals surface area contributed by atoms with Gasteiger partial charge in [-0.05, 0) is 24.1 Å². The number of nitrogens with zero attached hydrogens (tertiary/aromatic N) is 3. The Hall–Kier alpha value is -3.40. The molecular weight excluding hydrogens is 413 g/mol. The molecule has 1 atom stereocenters. The van der Waals surface area contributed by atoms with Crippen molar-refractivity contribution in [2.75, 3.05) is 40.4 Å². The topological polar surface area (TPSA) is 130 Å². The predicted molar refractivity (Wildman–Crippen MR) is 124 cm³/mol. The molecule has 10 heteroatoms. The Bertz CT molecular complexity index is 965. The summed E-state index contributed by atoms with van der Waals surface area (Å²) in [5, 5.41) is 6.11. The zero-order valence-corrected chi connectivity index (χ0v) is 18.4. The lowest BCUT2D eigenvalue weighted by Gasteiger charge is -2.32. The summed E-state index contributed by atoms with van der Waals surface area (Å²) >= 11 is 0. The summed E-state index contributed by atoms with van der Waals surface area (Å²) in [7, 11) is 3.19. The highest BCUT2D eigenvalue weighted by atomic mass is 19.1. The number of nitrogens with one attached hydrogen (secondary N) is 2. The summed E-state index contributed by atoms with van der Waals surface area (Å²) in [5.41, 5.74) is 14.8. The normalized spacial score (nSPS) is 20.2. The number of aliphatic imine (C=N–C) groups is 2. The molecule has 0 bridgehead atoms. The van der Waals surface area contributed by atoms with Gasteiger partial charge in [0.25, 0.3) is 0 Å². The molecule has 1 unspecified atom stereocenters. The van der Waals surface area contributed by atoms with Crippen LogP contribution < -0.4 is 22.1 Å². The van der Waals surface area contributed by atoms with Gasteiger partial charge in [-0.2, -0.15) is 0 Å². The molecule has 0 saturated carbocycles. The number of hydrogen-bond acceptors (Lipinski definition) is 6. The van der Waals surface area contributed by atoms with E-state index in [1.54, 1.807) is 37.3 Å². The number of amides is 2. The van der Waals surface area contributed by atoms with Crippen molar-refractivity contribution in [1.29, 1.82) is 0 Å². The van der Waals surface area contributed by atoms with Gasteiger partial charge in [0.1, 0.15) is 17.3 Å². The molecule has 0 aromatic heterocycles. The van der Waals surface area contributed by atoms with Crippen molar-refractivity contribution in [3.05, 3.63) is 47.0 Å². The number of carbonyl (C=O) groups excluding carboxylic acids is 1. The third kappa shape index (κ3) is 5.44. The largest absolute Gasteiger partial charge is 0.404 e. The molecular formula is C22H30FN7O2. The van der Waals surface area contributed by atoms with E-state index < -0.39 is 5.82 Å². The zero-order valence-electron chi connectivity index (χ0n) is 18.4. The van der Waals surface area contributed by atoms with Crippen molar-refractivity contribution >= 4 is 29.3 Å². The van der Waals surface area contributed by atoms with Gasteiger partial charge in [-0.1, -0.05) is 6.07 Å². The maximum atomic E-state index is 14.8. The van der Waals surface area contributed by atoms with Gasteiger partial charge in [-0.15, -0.1) is 0 Å². The van der Waals surface area contributed by atoms with E-state index in [1.165, 1.54) is 12.3 Å². The van der Waals surface area contributed by atoms with E-state index >= 15 is 0 Å². The highest BCUT2D eigenvalue weighted by Crippen LogP contribution is 2.25. The molecule has 0 radical (unpaired) electrons. The second kappa shape index (κ2) is 10.8. The van der Waals surface area contributed by atoms with Crippen molar-refractivity contribution in [2.45, 2.75) is 18.9 Å². The minimum absolute atomic E-state index is 0.101. The van der Waals surface area contributed by atoms with Gasteiger partial charge in [0, 0.05) is 62.9 Å². The quantitative estimate of drug-likeness (QED) is 0.391. The van der Waals surface area contributed by atoms with Crippen LogP contribution >= 0.6 is 0 Å². The van der Waals surface area contributed by atoms with E-state index in [2.05, 4.69) is 20.6 Å². The fourth-order valence-electron chi connectivity index (χ4n) is 3.71. The van der Waals surface area contributed by atoms with Crippen molar-refractivity contribution in [3.8, 4) is 0 Å². The van der Waals surface area contributed by atoms with Gasteiger partial charge in [0.2, 0.25) is 0 Å². The third-order valence-electron chi connectivity index (χ3n) is 5.43. The maximum absolute atomic E-state index is 14.8. The fourth-order valence-corrected chi connectivity index (χ4v) is 3.71. The Morgan fingerprint density at radius 3 is 2.84 bits per heavy atom. The van der Waals surface area contributed by atoms with Crippen LogP contribution in [-0.4, -0.2) is 69.4 Å². The van der Waals surface area contributed by atoms with E-state index in [4.69, 9.17) is 16.2 Å². The lowest BCUT2D eigenvalue weighted by Crippen LogP contribution is -2.46. The number of carbonyl (C=O) groups is 1. The smallest absolute Gasteiger partial charge is 0.317 e. The monoisotopic (exact) mass is 443 g/mol. The SMILES string of the molecule is CN=CC(=CN)c1ccc(N=C(N)C2=C(NC3CCOC3)CCN(C(=O)NC)C2)c(F)c1. The van der Waals surface area contributed by atoms with Crippen molar-refractivity contribution in [3.63, 3.8) is 0 Å². The number of halogens is 1. The van der Waals surface area contributed by atoms with E-state index in [9.17, 15) is 9.18 Å². The van der Waals surface area contributed by atoms with Crippen LogP contribution in [0.4, 0.5) is 14.9 Å². The first-order valence-corrected chi connectivity index (χ1v) is 10.5. The third-order valence-corrected chi connectivity index (χ3v) is 5.43. The highest BCUT2D eigenvalue weighted by Gasteiger charge is 2.27. The summed E-state index contributed by atoms with van der Waals surface area (Å²) < 4.78 is 20.2. The van der Waals surface area contributed by atoms with Gasteiger partial charge < -0.3 is 31.7 Å². The summed E-state index contributed by atoms with van der Waals surface area (Å²) in [5.74, 6) is -0.371. The minimum Gasteiger partial charge on any atom is -0.404 e. The van der Waals surface area contributed by atoms with Crippen molar-refractivity contribution in [1.82, 2.24) is 15.5 Å². The van der Waals surface area contributed by atoms with Crippen LogP contribution in [0.1, 0.15) is 18.4 Å². The van der Waals surface area contributed by atoms with E-state index in [0.717, 1.165) is 12.1 Å². The predicted octanol–water partition coefficient (Wildman–Crippen LogP) is 1.49. The number of benzene rings is 1. The molecule has 1 aromatic carbocycles. The van der Waals surface area contributed by atoms with Gasteiger partial charge >= 0.3 is 6.03 Å². The average Bonchev–Trinajstić information content (AvgIpc) is 3.31. The summed E-state index contributed by atoms with van der Waals surface area (Å²) in [6, 6.07) is 4.57. The van der Waals surface area contributed by atoms with Crippen LogP contribution in [0.25, 0.3) is 5.57 Å². The van der Waals surface area contributed by atoms with Gasteiger partial charge in [-0.25, -0.2) is 14.2 Å². The Balaban J connectivity index is 1.91. The molecule has 2 heterocycles. The van der Waals surface area contributed by atoms with Gasteiger partial charge in [0.05, 0.1) is 19.2 Å². The van der Waals surface area contributed by atoms with E-state index in [-0.39, 0.29) is 30.1 Å². The fraction of sp³-hybridized carbons (Fsp3) is 0.409. The first-order chi connectivity index (χ1) is 15.5. The zero-order chi connectivity index (χ0) is 23.1. The molecule has 9 nitrogen and oxygen atoms in total. The number of allylic oxidation sites excluding steroid dienone is 1. The summed E-state index contributed by atoms with van der Waals surface area (Å²) in [6.45, 7) is 2.13. The molecule has 3 rings (SSSR count). The second-order valence-corrected chi connectivity index (χ2v) is 7.56. The number of urea groups is 1. The summed E-state index contributed by atoms with van der Waals surface area (Å²) in [6.07, 6.45) is 4.40. The highest BCUT2D eigenvalue weighted by molar-refractivity contribution is 6.09. The molecule has 6 N–H and O–H groups in total. The first kappa shape index (κ1) is 23.3. The molecule has 2 aliphatic heterocycles. The number of ether oxygens (including phenoxy) is 1. The second-order valence-electron chi connectivity index (χ2n) is 7.56. The minimum atomic E-state index is -0.535. The lowest BCUT2D eigenvalue weighted by molar-refractivity contribution is 0.189. The van der Waals surface area contributed by atoms with Crippen LogP contribution in [0, 0.1) is 5.82 Å². The van der Waals surface area contributed by atoms with Crippen LogP contribution in [-0.2, 0) is 4.74 Å². The molecule has 1 fully saturated rings. The first-order valence-electron chi connectivity index (χ1n) is 10.5. The molecule has 0 aliphatic carbocycles. The molecule has 172 valence electrons. The standard InChI is InChI=1S/C22H30FN7O2/c1-26-11-15(10-24)14-3-4-20(18(23)9-14)29-21(25)17-12-30(22(31)27-2)7-5-19(17)28-16-6-8-32-13-16/h3-4,9-11,16,28H,5-8,12-13,24H2,1-2H3,(H2,25,29)(H,27,31). The van der Waals surface area contributed by atoms with Crippen LogP contribution in [0.5, 0.6) is 0 Å². The molecule has 2 amide bonds. The molecule has 1 aromatic rings. The summed E-state index contributed by atoms with van der Waals surface area (Å²) in [4.78, 5) is 22.1. The van der Waals surface area contributed by atoms with E-state index in [1.807, 2.05) is 0 Å². The Kier molecular flexibility index (Phi) is 7.82. The maximum Gasteiger partial charge on any atom is 0.317 e. The van der Waals surface area contributed by atoms with E-state index in [0.29, 0.717) is 42.9 Å².